The first-order valence-corrected chi connectivity index (χ1v) is 8.81. The first kappa shape index (κ1) is 17.5. The summed E-state index contributed by atoms with van der Waals surface area (Å²) in [4.78, 5) is 14.5. The molecule has 1 aromatic carbocycles. The van der Waals surface area contributed by atoms with E-state index in [9.17, 15) is 13.6 Å². The third kappa shape index (κ3) is 3.13. The Hall–Kier alpha value is -2.96. The zero-order valence-electron chi connectivity index (χ0n) is 15.1. The van der Waals surface area contributed by atoms with E-state index < -0.39 is 11.6 Å². The third-order valence-electron chi connectivity index (χ3n) is 4.82. The molecule has 0 saturated heterocycles. The van der Waals surface area contributed by atoms with Gasteiger partial charge in [-0.15, -0.1) is 0 Å². The van der Waals surface area contributed by atoms with Crippen LogP contribution in [0.5, 0.6) is 0 Å². The highest BCUT2D eigenvalue weighted by molar-refractivity contribution is 5.94. The molecular formula is C20H19F2N3O2. The van der Waals surface area contributed by atoms with Gasteiger partial charge in [0.1, 0.15) is 11.5 Å². The smallest absolute Gasteiger partial charge is 0.274 e. The molecule has 27 heavy (non-hydrogen) atoms. The number of fused-ring (bicyclic) bond motifs is 1. The minimum Gasteiger partial charge on any atom is -0.464 e. The molecule has 140 valence electrons. The number of carbonyl (C=O) groups excluding carboxylic acids is 1. The zero-order chi connectivity index (χ0) is 19.1. The van der Waals surface area contributed by atoms with Crippen LogP contribution in [-0.2, 0) is 19.4 Å². The van der Waals surface area contributed by atoms with Gasteiger partial charge in [0.05, 0.1) is 12.2 Å². The van der Waals surface area contributed by atoms with Crippen molar-refractivity contribution in [3.8, 4) is 5.69 Å². The summed E-state index contributed by atoms with van der Waals surface area (Å²) >= 11 is 0. The summed E-state index contributed by atoms with van der Waals surface area (Å²) < 4.78 is 34.0. The van der Waals surface area contributed by atoms with Crippen LogP contribution in [0.2, 0.25) is 0 Å². The summed E-state index contributed by atoms with van der Waals surface area (Å²) in [5, 5.41) is 4.45. The number of aryl methyl sites for hydroxylation is 1. The predicted molar refractivity (Wildman–Crippen MR) is 94.7 cm³/mol. The molecule has 1 amide bonds. The Morgan fingerprint density at radius 2 is 2.04 bits per heavy atom. The number of nitrogens with zero attached hydrogens (tertiary/aromatic N) is 3. The highest BCUT2D eigenvalue weighted by atomic mass is 19.2. The molecule has 0 unspecified atom stereocenters. The van der Waals surface area contributed by atoms with Crippen LogP contribution in [0, 0.1) is 18.6 Å². The van der Waals surface area contributed by atoms with E-state index in [1.165, 1.54) is 6.07 Å². The minimum absolute atomic E-state index is 0.219. The van der Waals surface area contributed by atoms with E-state index in [1.807, 2.05) is 19.1 Å². The fourth-order valence-corrected chi connectivity index (χ4v) is 3.50. The summed E-state index contributed by atoms with van der Waals surface area (Å²) in [6, 6.07) is 7.32. The van der Waals surface area contributed by atoms with Gasteiger partial charge in [-0.1, -0.05) is 0 Å². The van der Waals surface area contributed by atoms with Gasteiger partial charge in [0, 0.05) is 24.4 Å². The average Bonchev–Trinajstić information content (AvgIpc) is 3.33. The highest BCUT2D eigenvalue weighted by Gasteiger charge is 2.29. The van der Waals surface area contributed by atoms with E-state index >= 15 is 0 Å². The lowest BCUT2D eigenvalue weighted by Gasteiger charge is -2.15. The van der Waals surface area contributed by atoms with Gasteiger partial charge >= 0.3 is 0 Å². The Bertz CT molecular complexity index is 1020. The number of halogens is 2. The molecular weight excluding hydrogens is 352 g/mol. The minimum atomic E-state index is -0.937. The van der Waals surface area contributed by atoms with Crippen LogP contribution < -0.4 is 0 Å². The van der Waals surface area contributed by atoms with E-state index in [2.05, 4.69) is 5.10 Å². The Balaban J connectivity index is 1.67. The first-order chi connectivity index (χ1) is 12.9. The van der Waals surface area contributed by atoms with Crippen molar-refractivity contribution in [1.29, 1.82) is 0 Å². The quantitative estimate of drug-likeness (QED) is 0.701. The maximum atomic E-state index is 13.7. The van der Waals surface area contributed by atoms with Crippen molar-refractivity contribution in [2.75, 3.05) is 7.05 Å². The van der Waals surface area contributed by atoms with Crippen molar-refractivity contribution in [1.82, 2.24) is 14.7 Å². The van der Waals surface area contributed by atoms with Gasteiger partial charge < -0.3 is 9.32 Å². The fourth-order valence-electron chi connectivity index (χ4n) is 3.50. The standard InChI is InChI=1S/C20H19F2N3O2/c1-12-6-8-14(27-12)11-24(2)20(26)19-15-4-3-5-18(15)25(23-19)13-7-9-16(21)17(22)10-13/h6-10H,3-5,11H2,1-2H3. The van der Waals surface area contributed by atoms with E-state index in [0.717, 1.165) is 48.4 Å². The van der Waals surface area contributed by atoms with Gasteiger partial charge in [-0.05, 0) is 50.5 Å². The summed E-state index contributed by atoms with van der Waals surface area (Å²) in [5.74, 6) is -0.585. The van der Waals surface area contributed by atoms with Crippen LogP contribution in [0.1, 0.15) is 39.7 Å². The second kappa shape index (κ2) is 6.64. The van der Waals surface area contributed by atoms with E-state index in [4.69, 9.17) is 4.42 Å². The molecule has 0 aliphatic heterocycles. The van der Waals surface area contributed by atoms with Crippen LogP contribution in [0.25, 0.3) is 5.69 Å². The fraction of sp³-hybridized carbons (Fsp3) is 0.300. The Morgan fingerprint density at radius 3 is 2.74 bits per heavy atom. The number of hydrogen-bond donors (Lipinski definition) is 0. The molecule has 0 bridgehead atoms. The van der Waals surface area contributed by atoms with Crippen LogP contribution in [0.15, 0.2) is 34.7 Å². The molecule has 1 aliphatic rings. The molecule has 0 fully saturated rings. The molecule has 0 radical (unpaired) electrons. The lowest BCUT2D eigenvalue weighted by molar-refractivity contribution is 0.0767. The van der Waals surface area contributed by atoms with E-state index in [0.29, 0.717) is 23.7 Å². The third-order valence-corrected chi connectivity index (χ3v) is 4.82. The van der Waals surface area contributed by atoms with Crippen molar-refractivity contribution in [3.05, 3.63) is 70.4 Å². The summed E-state index contributed by atoms with van der Waals surface area (Å²) in [6.45, 7) is 2.18. The molecule has 2 aromatic heterocycles. The average molecular weight is 371 g/mol. The SMILES string of the molecule is Cc1ccc(CN(C)C(=O)c2nn(-c3ccc(F)c(F)c3)c3c2CCC3)o1. The molecule has 5 nitrogen and oxygen atoms in total. The Kier molecular flexibility index (Phi) is 4.30. The molecule has 2 heterocycles. The molecule has 7 heteroatoms. The Labute approximate surface area is 155 Å². The van der Waals surface area contributed by atoms with Crippen molar-refractivity contribution >= 4 is 5.91 Å². The monoisotopic (exact) mass is 371 g/mol. The number of benzene rings is 1. The van der Waals surface area contributed by atoms with Crippen LogP contribution in [0.4, 0.5) is 8.78 Å². The van der Waals surface area contributed by atoms with Gasteiger partial charge in [0.15, 0.2) is 17.3 Å². The second-order valence-corrected chi connectivity index (χ2v) is 6.81. The lowest BCUT2D eigenvalue weighted by atomic mass is 10.2. The van der Waals surface area contributed by atoms with E-state index in [1.54, 1.807) is 16.6 Å². The topological polar surface area (TPSA) is 51.3 Å². The van der Waals surface area contributed by atoms with Crippen molar-refractivity contribution in [2.24, 2.45) is 0 Å². The van der Waals surface area contributed by atoms with Crippen molar-refractivity contribution < 1.29 is 18.0 Å². The predicted octanol–water partition coefficient (Wildman–Crippen LogP) is 3.81. The molecule has 4 rings (SSSR count). The summed E-state index contributed by atoms with van der Waals surface area (Å²) in [6.07, 6.45) is 2.39. The Morgan fingerprint density at radius 1 is 1.22 bits per heavy atom. The van der Waals surface area contributed by atoms with Gasteiger partial charge in [-0.3, -0.25) is 4.79 Å². The van der Waals surface area contributed by atoms with Gasteiger partial charge in [-0.25, -0.2) is 13.5 Å². The maximum absolute atomic E-state index is 13.7. The summed E-state index contributed by atoms with van der Waals surface area (Å²) in [7, 11) is 1.69. The van der Waals surface area contributed by atoms with Crippen LogP contribution in [0.3, 0.4) is 0 Å². The molecule has 3 aromatic rings. The maximum Gasteiger partial charge on any atom is 0.274 e. The van der Waals surface area contributed by atoms with Crippen LogP contribution >= 0.6 is 0 Å². The van der Waals surface area contributed by atoms with Gasteiger partial charge in [-0.2, -0.15) is 5.10 Å². The molecule has 0 N–H and O–H groups in total. The van der Waals surface area contributed by atoms with Gasteiger partial charge in [0.25, 0.3) is 5.91 Å². The number of rotatable bonds is 4. The molecule has 1 aliphatic carbocycles. The molecule has 0 saturated carbocycles. The van der Waals surface area contributed by atoms with Crippen molar-refractivity contribution in [2.45, 2.75) is 32.7 Å². The second-order valence-electron chi connectivity index (χ2n) is 6.81. The van der Waals surface area contributed by atoms with Gasteiger partial charge in [0.2, 0.25) is 0 Å². The summed E-state index contributed by atoms with van der Waals surface area (Å²) in [5.41, 5.74) is 2.53. The number of carbonyl (C=O) groups is 1. The molecule has 0 spiro atoms. The number of aromatic nitrogens is 2. The number of amides is 1. The van der Waals surface area contributed by atoms with Crippen molar-refractivity contribution in [3.63, 3.8) is 0 Å². The van der Waals surface area contributed by atoms with Crippen LogP contribution in [-0.4, -0.2) is 27.6 Å². The normalized spacial score (nSPS) is 13.0. The molecule has 0 atom stereocenters. The number of furan rings is 1. The zero-order valence-corrected chi connectivity index (χ0v) is 15.1. The number of hydrogen-bond acceptors (Lipinski definition) is 3. The largest absolute Gasteiger partial charge is 0.464 e. The van der Waals surface area contributed by atoms with E-state index in [-0.39, 0.29) is 5.91 Å². The lowest BCUT2D eigenvalue weighted by Crippen LogP contribution is -2.27. The first-order valence-electron chi connectivity index (χ1n) is 8.81. The highest BCUT2D eigenvalue weighted by Crippen LogP contribution is 2.29.